The largest absolute Gasteiger partial charge is 0.497 e. The van der Waals surface area contributed by atoms with Crippen LogP contribution in [0.15, 0.2) is 41.8 Å². The van der Waals surface area contributed by atoms with Crippen molar-refractivity contribution in [3.8, 4) is 5.75 Å². The Kier molecular flexibility index (Phi) is 14.2. The first kappa shape index (κ1) is 40.5. The topological polar surface area (TPSA) is 87.1 Å². The average Bonchev–Trinajstić information content (AvgIpc) is 3.43. The first-order valence-corrected chi connectivity index (χ1v) is 23.1. The third-order valence-corrected chi connectivity index (χ3v) is 20.1. The minimum Gasteiger partial charge on any atom is -0.497 e. The van der Waals surface area contributed by atoms with Crippen LogP contribution in [0.2, 0.25) is 36.3 Å². The third kappa shape index (κ3) is 11.5. The molecular weight excluding hydrogens is 631 g/mol. The predicted molar refractivity (Wildman–Crippen MR) is 196 cm³/mol. The first-order chi connectivity index (χ1) is 21.1. The van der Waals surface area contributed by atoms with E-state index in [9.17, 15) is 9.90 Å². The fourth-order valence-corrected chi connectivity index (χ4v) is 7.75. The highest BCUT2D eigenvalue weighted by molar-refractivity contribution is 7.09. The van der Waals surface area contributed by atoms with E-state index in [1.165, 1.54) is 0 Å². The molecule has 0 aliphatic rings. The number of thiazole rings is 1. The van der Waals surface area contributed by atoms with Crippen LogP contribution in [-0.4, -0.2) is 65.0 Å². The van der Waals surface area contributed by atoms with Crippen molar-refractivity contribution >= 4 is 34.3 Å². The number of carbonyl (C=O) groups excluding carboxylic acids is 1. The summed E-state index contributed by atoms with van der Waals surface area (Å²) < 4.78 is 24.4. The van der Waals surface area contributed by atoms with E-state index >= 15 is 0 Å². The number of benzene rings is 1. The predicted octanol–water partition coefficient (Wildman–Crippen LogP) is 8.87. The summed E-state index contributed by atoms with van der Waals surface area (Å²) in [5.74, 6) is 0.783. The zero-order chi connectivity index (χ0) is 35.0. The van der Waals surface area contributed by atoms with Crippen LogP contribution < -0.4 is 4.74 Å². The molecule has 10 heteroatoms. The van der Waals surface area contributed by atoms with E-state index in [4.69, 9.17) is 23.3 Å². The number of ether oxygens (including phenoxy) is 2. The Labute approximate surface area is 285 Å². The molecule has 1 heterocycles. The van der Waals surface area contributed by atoms with E-state index in [1.54, 1.807) is 24.5 Å². The lowest BCUT2D eigenvalue weighted by molar-refractivity contribution is -0.121. The molecule has 0 bridgehead atoms. The van der Waals surface area contributed by atoms with E-state index in [0.29, 0.717) is 25.9 Å². The SMILES string of the molecule is COc1ccc(COCCC(O)(C=O)/C=C/CC(O[Si](C)(C)C(C)(C)C)C(C)(C)c2nc(CCO[Si](C)(C)C(C)(C)C)cs2)cc1. The summed E-state index contributed by atoms with van der Waals surface area (Å²) in [6.45, 7) is 28.2. The summed E-state index contributed by atoms with van der Waals surface area (Å²) in [6, 6.07) is 7.63. The van der Waals surface area contributed by atoms with Crippen molar-refractivity contribution in [2.24, 2.45) is 0 Å². The molecule has 1 N–H and O–H groups in total. The Bertz CT molecular complexity index is 1260. The van der Waals surface area contributed by atoms with Crippen LogP contribution in [0.5, 0.6) is 5.75 Å². The highest BCUT2D eigenvalue weighted by Gasteiger charge is 2.44. The Morgan fingerprint density at radius 3 is 2.09 bits per heavy atom. The molecule has 260 valence electrons. The second-order valence-corrected chi connectivity index (χ2v) is 26.4. The average molecular weight is 692 g/mol. The Hall–Kier alpha value is -1.67. The summed E-state index contributed by atoms with van der Waals surface area (Å²) in [7, 11) is -2.35. The molecule has 2 atom stereocenters. The van der Waals surface area contributed by atoms with Gasteiger partial charge >= 0.3 is 0 Å². The van der Waals surface area contributed by atoms with Gasteiger partial charge in [0.1, 0.15) is 16.4 Å². The lowest BCUT2D eigenvalue weighted by Gasteiger charge is -2.43. The first-order valence-electron chi connectivity index (χ1n) is 16.4. The van der Waals surface area contributed by atoms with Gasteiger partial charge in [-0.05, 0) is 66.5 Å². The standard InChI is InChI=1S/C36H61NO6SSi2/c1-33(2,3)45(10,11)42-23-20-29-26-44-32(37-29)35(7,8)31(43-46(12,13)34(4,5)6)15-14-21-36(39,27-38)22-24-41-25-28-16-18-30(40-9)19-17-28/h14,16-19,21,26-27,31,39H,15,20,22-25H2,1-13H3/b21-14+. The normalized spacial score (nSPS) is 15.6. The van der Waals surface area contributed by atoms with Gasteiger partial charge in [-0.15, -0.1) is 11.3 Å². The summed E-state index contributed by atoms with van der Waals surface area (Å²) in [5, 5.41) is 14.4. The molecule has 0 saturated carbocycles. The van der Waals surface area contributed by atoms with Crippen molar-refractivity contribution in [2.45, 2.75) is 135 Å². The number of aromatic nitrogens is 1. The Morgan fingerprint density at radius 2 is 1.54 bits per heavy atom. The monoisotopic (exact) mass is 691 g/mol. The molecule has 2 aromatic rings. The van der Waals surface area contributed by atoms with Gasteiger partial charge in [-0.2, -0.15) is 0 Å². The maximum Gasteiger partial charge on any atom is 0.192 e. The molecule has 0 amide bonds. The van der Waals surface area contributed by atoms with Crippen LogP contribution in [-0.2, 0) is 36.8 Å². The highest BCUT2D eigenvalue weighted by atomic mass is 32.1. The summed E-state index contributed by atoms with van der Waals surface area (Å²) >= 11 is 1.67. The summed E-state index contributed by atoms with van der Waals surface area (Å²) in [6.07, 6.45) is 5.35. The number of nitrogens with zero attached hydrogens (tertiary/aromatic N) is 1. The van der Waals surface area contributed by atoms with Crippen molar-refractivity contribution in [1.82, 2.24) is 4.98 Å². The summed E-state index contributed by atoms with van der Waals surface area (Å²) in [5.41, 5.74) is 0.0131. The number of hydrogen-bond acceptors (Lipinski definition) is 8. The second-order valence-electron chi connectivity index (χ2n) is 16.0. The molecule has 2 rings (SSSR count). The van der Waals surface area contributed by atoms with Gasteiger partial charge in [0.25, 0.3) is 0 Å². The van der Waals surface area contributed by atoms with E-state index < -0.39 is 27.7 Å². The van der Waals surface area contributed by atoms with Gasteiger partial charge in [-0.3, -0.25) is 4.79 Å². The van der Waals surface area contributed by atoms with Crippen molar-refractivity contribution in [3.63, 3.8) is 0 Å². The lowest BCUT2D eigenvalue weighted by atomic mass is 9.85. The van der Waals surface area contributed by atoms with Gasteiger partial charge in [-0.1, -0.05) is 73.6 Å². The van der Waals surface area contributed by atoms with E-state index in [2.05, 4.69) is 87.0 Å². The molecule has 0 fully saturated rings. The lowest BCUT2D eigenvalue weighted by Crippen LogP contribution is -2.49. The van der Waals surface area contributed by atoms with Crippen molar-refractivity contribution < 1.29 is 28.2 Å². The van der Waals surface area contributed by atoms with Crippen LogP contribution in [0.4, 0.5) is 0 Å². The molecule has 46 heavy (non-hydrogen) atoms. The van der Waals surface area contributed by atoms with Crippen molar-refractivity contribution in [2.75, 3.05) is 20.3 Å². The fourth-order valence-electron chi connectivity index (χ4n) is 4.23. The van der Waals surface area contributed by atoms with Gasteiger partial charge < -0.3 is 23.4 Å². The van der Waals surface area contributed by atoms with Crippen LogP contribution >= 0.6 is 11.3 Å². The number of methoxy groups -OCH3 is 1. The zero-order valence-electron chi connectivity index (χ0n) is 30.8. The maximum absolute atomic E-state index is 12.0. The molecule has 1 aromatic carbocycles. The van der Waals surface area contributed by atoms with Gasteiger partial charge in [0.15, 0.2) is 22.9 Å². The highest BCUT2D eigenvalue weighted by Crippen LogP contribution is 2.42. The molecule has 0 saturated heterocycles. The fraction of sp³-hybridized carbons (Fsp3) is 0.667. The van der Waals surface area contributed by atoms with Crippen LogP contribution in [0, 0.1) is 0 Å². The quantitative estimate of drug-likeness (QED) is 0.0723. The maximum atomic E-state index is 12.0. The molecule has 0 radical (unpaired) electrons. The van der Waals surface area contributed by atoms with Crippen LogP contribution in [0.25, 0.3) is 0 Å². The molecule has 7 nitrogen and oxygen atoms in total. The van der Waals surface area contributed by atoms with Gasteiger partial charge in [0, 0.05) is 30.2 Å². The van der Waals surface area contributed by atoms with Crippen LogP contribution in [0.3, 0.4) is 0 Å². The van der Waals surface area contributed by atoms with Crippen molar-refractivity contribution in [1.29, 1.82) is 0 Å². The number of carbonyl (C=O) groups is 1. The molecule has 1 aromatic heterocycles. The number of aliphatic hydroxyl groups is 1. The van der Waals surface area contributed by atoms with E-state index in [-0.39, 0.29) is 29.2 Å². The number of rotatable bonds is 18. The van der Waals surface area contributed by atoms with Crippen LogP contribution in [0.1, 0.15) is 84.5 Å². The molecule has 0 spiro atoms. The smallest absolute Gasteiger partial charge is 0.192 e. The van der Waals surface area contributed by atoms with Crippen molar-refractivity contribution in [3.05, 3.63) is 58.1 Å². The molecule has 0 aliphatic heterocycles. The Morgan fingerprint density at radius 1 is 0.935 bits per heavy atom. The van der Waals surface area contributed by atoms with E-state index in [0.717, 1.165) is 28.4 Å². The number of hydrogen-bond donors (Lipinski definition) is 1. The van der Waals surface area contributed by atoms with Gasteiger partial charge in [0.2, 0.25) is 0 Å². The second kappa shape index (κ2) is 16.2. The molecule has 0 aliphatic carbocycles. The molecular formula is C36H61NO6SSi2. The third-order valence-electron chi connectivity index (χ3n) is 9.81. The van der Waals surface area contributed by atoms with Gasteiger partial charge in [-0.25, -0.2) is 4.98 Å². The number of aldehydes is 1. The minimum atomic E-state index is -2.16. The minimum absolute atomic E-state index is 0.0188. The summed E-state index contributed by atoms with van der Waals surface area (Å²) in [4.78, 5) is 17.1. The zero-order valence-corrected chi connectivity index (χ0v) is 33.6. The Balaban J connectivity index is 2.15. The molecule has 2 unspecified atom stereocenters. The van der Waals surface area contributed by atoms with E-state index in [1.807, 2.05) is 30.3 Å². The van der Waals surface area contributed by atoms with Gasteiger partial charge in [0.05, 0.1) is 32.1 Å².